The normalized spacial score (nSPS) is 14.1. The Bertz CT molecular complexity index is 577. The minimum Gasteiger partial charge on any atom is -0.452 e. The van der Waals surface area contributed by atoms with Crippen molar-refractivity contribution in [3.05, 3.63) is 34.1 Å². The Hall–Kier alpha value is -1.96. The minimum atomic E-state index is -0.976. The second-order valence-corrected chi connectivity index (χ2v) is 4.78. The van der Waals surface area contributed by atoms with Crippen LogP contribution in [0.25, 0.3) is 0 Å². The lowest BCUT2D eigenvalue weighted by atomic mass is 10.2. The summed E-state index contributed by atoms with van der Waals surface area (Å²) in [6, 6.07) is 3.81. The average Bonchev–Trinajstić information content (AvgIpc) is 2.82. The fourth-order valence-electron chi connectivity index (χ4n) is 1.56. The van der Waals surface area contributed by atoms with Gasteiger partial charge in [0.15, 0.2) is 6.61 Å². The zero-order valence-corrected chi connectivity index (χ0v) is 11.7. The summed E-state index contributed by atoms with van der Waals surface area (Å²) in [5.74, 6) is -2.45. The molecule has 6 nitrogen and oxygen atoms in total. The molecule has 106 valence electrons. The molecular formula is C12H9BrFNO5. The number of rotatable bonds is 3. The largest absolute Gasteiger partial charge is 0.452 e. The number of ether oxygens (including phenoxy) is 2. The molecule has 8 heteroatoms. The maximum atomic E-state index is 13.5. The Kier molecular flexibility index (Phi) is 4.33. The van der Waals surface area contributed by atoms with Gasteiger partial charge in [0.1, 0.15) is 12.4 Å². The van der Waals surface area contributed by atoms with Crippen molar-refractivity contribution >= 4 is 33.9 Å². The number of esters is 1. The van der Waals surface area contributed by atoms with E-state index in [0.29, 0.717) is 4.47 Å². The van der Waals surface area contributed by atoms with Crippen LogP contribution in [0.2, 0.25) is 0 Å². The van der Waals surface area contributed by atoms with Crippen molar-refractivity contribution in [2.75, 3.05) is 19.8 Å². The van der Waals surface area contributed by atoms with Crippen molar-refractivity contribution in [1.82, 2.24) is 4.90 Å². The third-order valence-corrected chi connectivity index (χ3v) is 3.03. The number of halogens is 2. The van der Waals surface area contributed by atoms with Gasteiger partial charge in [-0.25, -0.2) is 18.9 Å². The number of cyclic esters (lactones) is 1. The summed E-state index contributed by atoms with van der Waals surface area (Å²) in [5.41, 5.74) is -0.287. The van der Waals surface area contributed by atoms with Gasteiger partial charge in [-0.15, -0.1) is 0 Å². The molecule has 0 aliphatic carbocycles. The molecule has 0 bridgehead atoms. The second-order valence-electron chi connectivity index (χ2n) is 3.86. The molecule has 0 saturated carbocycles. The molecule has 1 saturated heterocycles. The average molecular weight is 346 g/mol. The Labute approximate surface area is 121 Å². The van der Waals surface area contributed by atoms with Crippen LogP contribution in [0.5, 0.6) is 0 Å². The molecule has 0 radical (unpaired) electrons. The van der Waals surface area contributed by atoms with Crippen LogP contribution in [0.4, 0.5) is 9.18 Å². The van der Waals surface area contributed by atoms with E-state index in [9.17, 15) is 18.8 Å². The van der Waals surface area contributed by atoms with Crippen molar-refractivity contribution in [2.45, 2.75) is 0 Å². The van der Waals surface area contributed by atoms with Crippen LogP contribution in [-0.4, -0.2) is 42.6 Å². The topological polar surface area (TPSA) is 72.9 Å². The van der Waals surface area contributed by atoms with Gasteiger partial charge in [0.25, 0.3) is 5.91 Å². The summed E-state index contributed by atoms with van der Waals surface area (Å²) in [6.45, 7) is -0.425. The van der Waals surface area contributed by atoms with E-state index in [2.05, 4.69) is 25.4 Å². The maximum Gasteiger partial charge on any atom is 0.416 e. The van der Waals surface area contributed by atoms with Crippen molar-refractivity contribution < 1.29 is 28.2 Å². The van der Waals surface area contributed by atoms with Crippen molar-refractivity contribution in [2.24, 2.45) is 0 Å². The van der Waals surface area contributed by atoms with E-state index in [4.69, 9.17) is 0 Å². The lowest BCUT2D eigenvalue weighted by Crippen LogP contribution is -2.35. The SMILES string of the molecule is O=C(OCC(=O)N1CCOC1=O)c1ccc(Br)cc1F. The van der Waals surface area contributed by atoms with Gasteiger partial charge in [0.2, 0.25) is 0 Å². The van der Waals surface area contributed by atoms with Crippen molar-refractivity contribution in [3.8, 4) is 0 Å². The molecule has 20 heavy (non-hydrogen) atoms. The molecule has 0 unspecified atom stereocenters. The highest BCUT2D eigenvalue weighted by Crippen LogP contribution is 2.16. The van der Waals surface area contributed by atoms with Crippen LogP contribution in [-0.2, 0) is 14.3 Å². The number of imide groups is 1. The van der Waals surface area contributed by atoms with Crippen LogP contribution in [0.1, 0.15) is 10.4 Å². The quantitative estimate of drug-likeness (QED) is 0.780. The highest BCUT2D eigenvalue weighted by Gasteiger charge is 2.29. The molecule has 1 aliphatic heterocycles. The zero-order chi connectivity index (χ0) is 14.7. The van der Waals surface area contributed by atoms with Crippen LogP contribution in [0.15, 0.2) is 22.7 Å². The summed E-state index contributed by atoms with van der Waals surface area (Å²) < 4.78 is 23.2. The zero-order valence-electron chi connectivity index (χ0n) is 10.1. The van der Waals surface area contributed by atoms with E-state index in [0.717, 1.165) is 11.0 Å². The predicted octanol–water partition coefficient (Wildman–Crippen LogP) is 1.72. The number of nitrogens with zero attached hydrogens (tertiary/aromatic N) is 1. The van der Waals surface area contributed by atoms with Crippen LogP contribution in [0, 0.1) is 5.82 Å². The lowest BCUT2D eigenvalue weighted by Gasteiger charge is -2.11. The van der Waals surface area contributed by atoms with E-state index < -0.39 is 30.4 Å². The summed E-state index contributed by atoms with van der Waals surface area (Å²) >= 11 is 3.05. The predicted molar refractivity (Wildman–Crippen MR) is 67.4 cm³/mol. The number of carbonyl (C=O) groups excluding carboxylic acids is 3. The molecule has 0 atom stereocenters. The first-order valence-corrected chi connectivity index (χ1v) is 6.37. The first kappa shape index (κ1) is 14.4. The standard InChI is InChI=1S/C12H9BrFNO5/c13-7-1-2-8(9(14)5-7)11(17)20-6-10(16)15-3-4-19-12(15)18/h1-2,5H,3-4,6H2. The van der Waals surface area contributed by atoms with E-state index in [1.807, 2.05) is 0 Å². The van der Waals surface area contributed by atoms with E-state index in [-0.39, 0.29) is 18.7 Å². The van der Waals surface area contributed by atoms with E-state index >= 15 is 0 Å². The first-order chi connectivity index (χ1) is 9.49. The monoisotopic (exact) mass is 345 g/mol. The third-order valence-electron chi connectivity index (χ3n) is 2.54. The van der Waals surface area contributed by atoms with Gasteiger partial charge >= 0.3 is 12.1 Å². The van der Waals surface area contributed by atoms with Gasteiger partial charge in [0, 0.05) is 4.47 Å². The van der Waals surface area contributed by atoms with Gasteiger partial charge in [-0.3, -0.25) is 4.79 Å². The lowest BCUT2D eigenvalue weighted by molar-refractivity contribution is -0.131. The second kappa shape index (κ2) is 6.00. The Morgan fingerprint density at radius 3 is 2.80 bits per heavy atom. The molecule has 1 fully saturated rings. The van der Waals surface area contributed by atoms with E-state index in [1.165, 1.54) is 12.1 Å². The number of carbonyl (C=O) groups is 3. The molecule has 1 aliphatic rings. The minimum absolute atomic E-state index is 0.111. The number of benzene rings is 1. The molecule has 2 rings (SSSR count). The molecular weight excluding hydrogens is 337 g/mol. The third kappa shape index (κ3) is 3.13. The van der Waals surface area contributed by atoms with Gasteiger partial charge < -0.3 is 9.47 Å². The Balaban J connectivity index is 1.95. The fourth-order valence-corrected chi connectivity index (χ4v) is 1.89. The number of amides is 2. The summed E-state index contributed by atoms with van der Waals surface area (Å²) in [7, 11) is 0. The Morgan fingerprint density at radius 1 is 1.45 bits per heavy atom. The van der Waals surface area contributed by atoms with Gasteiger partial charge in [-0.05, 0) is 18.2 Å². The first-order valence-electron chi connectivity index (χ1n) is 5.58. The molecule has 1 aromatic rings. The number of hydrogen-bond donors (Lipinski definition) is 0. The van der Waals surface area contributed by atoms with Crippen LogP contribution in [0.3, 0.4) is 0 Å². The van der Waals surface area contributed by atoms with Crippen LogP contribution < -0.4 is 0 Å². The van der Waals surface area contributed by atoms with Gasteiger partial charge in [-0.1, -0.05) is 15.9 Å². The summed E-state index contributed by atoms with van der Waals surface area (Å²) in [6.07, 6.45) is -0.777. The molecule has 2 amide bonds. The summed E-state index contributed by atoms with van der Waals surface area (Å²) in [5, 5.41) is 0. The molecule has 1 aromatic carbocycles. The Morgan fingerprint density at radius 2 is 2.20 bits per heavy atom. The van der Waals surface area contributed by atoms with Crippen molar-refractivity contribution in [3.63, 3.8) is 0 Å². The van der Waals surface area contributed by atoms with Gasteiger partial charge in [0.05, 0.1) is 12.1 Å². The maximum absolute atomic E-state index is 13.5. The molecule has 0 N–H and O–H groups in total. The molecule has 0 spiro atoms. The number of hydrogen-bond acceptors (Lipinski definition) is 5. The van der Waals surface area contributed by atoms with Crippen molar-refractivity contribution in [1.29, 1.82) is 0 Å². The highest BCUT2D eigenvalue weighted by atomic mass is 79.9. The highest BCUT2D eigenvalue weighted by molar-refractivity contribution is 9.10. The fraction of sp³-hybridized carbons (Fsp3) is 0.250. The van der Waals surface area contributed by atoms with Crippen LogP contribution >= 0.6 is 15.9 Å². The molecule has 1 heterocycles. The summed E-state index contributed by atoms with van der Waals surface area (Å²) in [4.78, 5) is 35.1. The molecule has 0 aromatic heterocycles. The van der Waals surface area contributed by atoms with E-state index in [1.54, 1.807) is 0 Å². The smallest absolute Gasteiger partial charge is 0.416 e. The van der Waals surface area contributed by atoms with Gasteiger partial charge in [-0.2, -0.15) is 0 Å².